The molecule has 3 N–H and O–H groups in total. The van der Waals surface area contributed by atoms with E-state index >= 15 is 0 Å². The summed E-state index contributed by atoms with van der Waals surface area (Å²) in [5.74, 6) is -0.841. The van der Waals surface area contributed by atoms with Gasteiger partial charge in [0.1, 0.15) is 11.9 Å². The third-order valence-electron chi connectivity index (χ3n) is 4.62. The predicted molar refractivity (Wildman–Crippen MR) is 104 cm³/mol. The third kappa shape index (κ3) is 3.66. The van der Waals surface area contributed by atoms with Crippen LogP contribution in [0, 0.1) is 12.7 Å². The van der Waals surface area contributed by atoms with Crippen molar-refractivity contribution in [2.75, 3.05) is 11.9 Å². The quantitative estimate of drug-likeness (QED) is 0.642. The first-order valence-corrected chi connectivity index (χ1v) is 8.49. The van der Waals surface area contributed by atoms with E-state index in [1.54, 1.807) is 10.7 Å². The Hall–Kier alpha value is -2.48. The van der Waals surface area contributed by atoms with Gasteiger partial charge in [0.05, 0.1) is 28.9 Å². The predicted octanol–water partition coefficient (Wildman–Crippen LogP) is 2.56. The van der Waals surface area contributed by atoms with Crippen LogP contribution in [0.4, 0.5) is 10.1 Å². The lowest BCUT2D eigenvalue weighted by Gasteiger charge is -2.15. The number of hydrogen-bond donors (Lipinski definition) is 3. The van der Waals surface area contributed by atoms with Crippen LogP contribution in [0.15, 0.2) is 42.6 Å². The third-order valence-corrected chi connectivity index (χ3v) is 4.62. The minimum absolute atomic E-state index is 0. The average molecular weight is 391 g/mol. The number of halogens is 2. The van der Waals surface area contributed by atoms with Crippen LogP contribution in [0.3, 0.4) is 0 Å². The lowest BCUT2D eigenvalue weighted by Crippen LogP contribution is -2.42. The Kier molecular flexibility index (Phi) is 5.46. The van der Waals surface area contributed by atoms with Gasteiger partial charge < -0.3 is 15.7 Å². The lowest BCUT2D eigenvalue weighted by atomic mass is 10.1. The molecule has 1 aromatic heterocycles. The molecule has 142 valence electrons. The Labute approximate surface area is 161 Å². The highest BCUT2D eigenvalue weighted by Crippen LogP contribution is 2.26. The molecule has 0 saturated carbocycles. The minimum atomic E-state index is -0.735. The maximum Gasteiger partial charge on any atom is 0.244 e. The van der Waals surface area contributed by atoms with Gasteiger partial charge in [-0.1, -0.05) is 12.1 Å². The zero-order valence-electron chi connectivity index (χ0n) is 14.6. The van der Waals surface area contributed by atoms with E-state index in [-0.39, 0.29) is 18.3 Å². The smallest absolute Gasteiger partial charge is 0.244 e. The molecule has 1 aliphatic heterocycles. The van der Waals surface area contributed by atoms with Gasteiger partial charge in [-0.3, -0.25) is 4.79 Å². The Bertz CT molecular complexity index is 991. The van der Waals surface area contributed by atoms with Gasteiger partial charge in [-0.2, -0.15) is 5.10 Å². The summed E-state index contributed by atoms with van der Waals surface area (Å²) in [6.07, 6.45) is 1.26. The molecule has 6 nitrogen and oxygen atoms in total. The molecule has 27 heavy (non-hydrogen) atoms. The van der Waals surface area contributed by atoms with Crippen molar-refractivity contribution >= 4 is 34.9 Å². The van der Waals surface area contributed by atoms with Gasteiger partial charge in [-0.15, -0.1) is 12.4 Å². The van der Waals surface area contributed by atoms with Crippen molar-refractivity contribution < 1.29 is 14.3 Å². The molecule has 2 atom stereocenters. The highest BCUT2D eigenvalue weighted by Gasteiger charge is 2.31. The van der Waals surface area contributed by atoms with Crippen molar-refractivity contribution in [3.8, 4) is 5.69 Å². The van der Waals surface area contributed by atoms with E-state index in [0.29, 0.717) is 29.6 Å². The monoisotopic (exact) mass is 390 g/mol. The van der Waals surface area contributed by atoms with Crippen molar-refractivity contribution in [2.45, 2.75) is 25.5 Å². The fourth-order valence-electron chi connectivity index (χ4n) is 3.30. The number of aryl methyl sites for hydroxylation is 1. The summed E-state index contributed by atoms with van der Waals surface area (Å²) < 4.78 is 16.1. The molecule has 1 saturated heterocycles. The van der Waals surface area contributed by atoms with E-state index in [1.165, 1.54) is 12.3 Å². The van der Waals surface area contributed by atoms with Gasteiger partial charge in [0.2, 0.25) is 5.91 Å². The lowest BCUT2D eigenvalue weighted by molar-refractivity contribution is -0.119. The molecule has 4 rings (SSSR count). The summed E-state index contributed by atoms with van der Waals surface area (Å²) in [6.45, 7) is 2.55. The van der Waals surface area contributed by atoms with Gasteiger partial charge in [0.15, 0.2) is 0 Å². The number of anilines is 1. The van der Waals surface area contributed by atoms with Gasteiger partial charge in [-0.05, 0) is 49.7 Å². The number of nitrogens with one attached hydrogen (secondary N) is 2. The van der Waals surface area contributed by atoms with Crippen molar-refractivity contribution in [1.29, 1.82) is 0 Å². The summed E-state index contributed by atoms with van der Waals surface area (Å²) in [5, 5.41) is 20.1. The molecule has 0 unspecified atom stereocenters. The molecule has 1 fully saturated rings. The van der Waals surface area contributed by atoms with Crippen LogP contribution in [-0.2, 0) is 4.79 Å². The number of carbonyl (C=O) groups is 1. The second-order valence-electron chi connectivity index (χ2n) is 6.56. The maximum atomic E-state index is 14.5. The standard InChI is InChI=1S/C19H19FN4O2.ClH/c1-11-3-2-4-13(7-11)24-16-9-12(8-15(20)14(16)10-22-24)23-19(26)18-17(25)5-6-21-18;/h2-4,7-10,17-18,21,25H,5-6H2,1H3,(H,23,26);1H/t17-,18-;/m0./s1. The van der Waals surface area contributed by atoms with Crippen LogP contribution in [-0.4, -0.2) is 39.5 Å². The van der Waals surface area contributed by atoms with Gasteiger partial charge >= 0.3 is 0 Å². The van der Waals surface area contributed by atoms with Gasteiger partial charge in [-0.25, -0.2) is 9.07 Å². The molecule has 0 bridgehead atoms. The highest BCUT2D eigenvalue weighted by atomic mass is 35.5. The molecular weight excluding hydrogens is 371 g/mol. The molecule has 1 aliphatic rings. The van der Waals surface area contributed by atoms with Crippen molar-refractivity contribution in [2.24, 2.45) is 0 Å². The molecule has 0 radical (unpaired) electrons. The Morgan fingerprint density at radius 1 is 1.37 bits per heavy atom. The van der Waals surface area contributed by atoms with Crippen LogP contribution in [0.5, 0.6) is 0 Å². The number of aliphatic hydroxyl groups is 1. The number of aromatic nitrogens is 2. The van der Waals surface area contributed by atoms with E-state index in [2.05, 4.69) is 15.7 Å². The van der Waals surface area contributed by atoms with Crippen molar-refractivity contribution in [3.63, 3.8) is 0 Å². The molecule has 1 amide bonds. The van der Waals surface area contributed by atoms with E-state index in [9.17, 15) is 14.3 Å². The topological polar surface area (TPSA) is 79.2 Å². The molecule has 2 heterocycles. The number of rotatable bonds is 3. The number of benzene rings is 2. The summed E-state index contributed by atoms with van der Waals surface area (Å²) in [6, 6.07) is 10.00. The maximum absolute atomic E-state index is 14.5. The first kappa shape index (κ1) is 19.3. The van der Waals surface area contributed by atoms with Crippen LogP contribution < -0.4 is 10.6 Å². The Morgan fingerprint density at radius 3 is 2.89 bits per heavy atom. The first-order valence-electron chi connectivity index (χ1n) is 8.49. The average Bonchev–Trinajstić information content (AvgIpc) is 3.21. The summed E-state index contributed by atoms with van der Waals surface area (Å²) in [4.78, 5) is 12.3. The number of fused-ring (bicyclic) bond motifs is 1. The van der Waals surface area contributed by atoms with Crippen LogP contribution >= 0.6 is 12.4 Å². The largest absolute Gasteiger partial charge is 0.391 e. The SMILES string of the molecule is Cc1cccc(-n2ncc3c(F)cc(NC(=O)[C@H]4NCC[C@@H]4O)cc32)c1.Cl. The number of aliphatic hydroxyl groups excluding tert-OH is 1. The van der Waals surface area contributed by atoms with Gasteiger partial charge in [0, 0.05) is 5.69 Å². The number of hydrogen-bond acceptors (Lipinski definition) is 4. The highest BCUT2D eigenvalue weighted by molar-refractivity contribution is 5.97. The Morgan fingerprint density at radius 2 is 2.19 bits per heavy atom. The number of carbonyl (C=O) groups excluding carboxylic acids is 1. The molecule has 3 aromatic rings. The van der Waals surface area contributed by atoms with Crippen molar-refractivity contribution in [1.82, 2.24) is 15.1 Å². The summed E-state index contributed by atoms with van der Waals surface area (Å²) in [7, 11) is 0. The van der Waals surface area contributed by atoms with Crippen LogP contribution in [0.1, 0.15) is 12.0 Å². The minimum Gasteiger partial charge on any atom is -0.391 e. The fourth-order valence-corrected chi connectivity index (χ4v) is 3.30. The molecule has 8 heteroatoms. The zero-order valence-corrected chi connectivity index (χ0v) is 15.5. The summed E-state index contributed by atoms with van der Waals surface area (Å²) in [5.41, 5.74) is 2.77. The van der Waals surface area contributed by atoms with Crippen LogP contribution in [0.25, 0.3) is 16.6 Å². The number of nitrogens with zero attached hydrogens (tertiary/aromatic N) is 2. The fraction of sp³-hybridized carbons (Fsp3) is 0.263. The van der Waals surface area contributed by atoms with E-state index in [4.69, 9.17) is 0 Å². The van der Waals surface area contributed by atoms with Crippen LogP contribution in [0.2, 0.25) is 0 Å². The summed E-state index contributed by atoms with van der Waals surface area (Å²) >= 11 is 0. The molecule has 0 spiro atoms. The second kappa shape index (κ2) is 7.64. The van der Waals surface area contributed by atoms with E-state index in [0.717, 1.165) is 11.3 Å². The van der Waals surface area contributed by atoms with E-state index < -0.39 is 18.0 Å². The van der Waals surface area contributed by atoms with E-state index in [1.807, 2.05) is 31.2 Å². The van der Waals surface area contributed by atoms with Crippen molar-refractivity contribution in [3.05, 3.63) is 54.0 Å². The molecular formula is C19H20ClFN4O2. The molecule has 2 aromatic carbocycles. The Balaban J connectivity index is 0.00000210. The second-order valence-corrected chi connectivity index (χ2v) is 6.56. The molecule has 0 aliphatic carbocycles. The number of amides is 1. The first-order chi connectivity index (χ1) is 12.5. The normalized spacial score (nSPS) is 19.1. The van der Waals surface area contributed by atoms with Gasteiger partial charge in [0.25, 0.3) is 0 Å². The zero-order chi connectivity index (χ0) is 18.3.